The number of amides is 3. The molecular weight excluding hydrogens is 524 g/mol. The first-order valence-electron chi connectivity index (χ1n) is 14.9. The van der Waals surface area contributed by atoms with Crippen molar-refractivity contribution in [2.24, 2.45) is 5.92 Å². The lowest BCUT2D eigenvalue weighted by Crippen LogP contribution is -2.58. The molecule has 0 saturated carbocycles. The van der Waals surface area contributed by atoms with Crippen LogP contribution in [0.1, 0.15) is 11.1 Å². The van der Waals surface area contributed by atoms with E-state index in [2.05, 4.69) is 58.5 Å². The minimum Gasteiger partial charge on any atom is -0.368 e. The van der Waals surface area contributed by atoms with Gasteiger partial charge in [0.15, 0.2) is 0 Å². The number of hydrogen-bond acceptors (Lipinski definition) is 4. The first-order valence-corrected chi connectivity index (χ1v) is 14.9. The standard InChI is InChI=1S/C34H40N6O2/c1-37(2)23-25-20-26-10-6-9-15-32(26)40(24-25)33(41)31(21-27-22-35-30-14-8-7-13-29(27)30)36-34(42)39-18-16-38(17-19-39)28-11-4-3-5-12-28/h3-15,22,25,31,35H,16-21,23-24H2,1-2H3,(H,36,42)/t25-,31?/m1/s1. The number of para-hydroxylation sites is 3. The molecule has 0 spiro atoms. The van der Waals surface area contributed by atoms with Gasteiger partial charge in [0.25, 0.3) is 0 Å². The predicted octanol–water partition coefficient (Wildman–Crippen LogP) is 4.38. The van der Waals surface area contributed by atoms with E-state index in [4.69, 9.17) is 0 Å². The number of piperazine rings is 1. The molecule has 2 aliphatic heterocycles. The molecular formula is C34H40N6O2. The van der Waals surface area contributed by atoms with Gasteiger partial charge >= 0.3 is 6.03 Å². The van der Waals surface area contributed by atoms with E-state index in [-0.39, 0.29) is 11.9 Å². The second kappa shape index (κ2) is 12.3. The predicted molar refractivity (Wildman–Crippen MR) is 169 cm³/mol. The Kier molecular flexibility index (Phi) is 8.15. The van der Waals surface area contributed by atoms with Gasteiger partial charge in [-0.3, -0.25) is 4.79 Å². The van der Waals surface area contributed by atoms with Crippen molar-refractivity contribution in [1.82, 2.24) is 20.1 Å². The minimum absolute atomic E-state index is 0.0625. The first kappa shape index (κ1) is 27.8. The van der Waals surface area contributed by atoms with Crippen LogP contribution < -0.4 is 15.1 Å². The van der Waals surface area contributed by atoms with Crippen molar-refractivity contribution >= 4 is 34.2 Å². The van der Waals surface area contributed by atoms with E-state index in [1.807, 2.05) is 70.6 Å². The molecule has 42 heavy (non-hydrogen) atoms. The van der Waals surface area contributed by atoms with Gasteiger partial charge in [0.1, 0.15) is 6.04 Å². The minimum atomic E-state index is -0.699. The van der Waals surface area contributed by atoms with Crippen molar-refractivity contribution in [3.8, 4) is 0 Å². The Hall–Kier alpha value is -4.30. The highest BCUT2D eigenvalue weighted by Crippen LogP contribution is 2.31. The number of carbonyl (C=O) groups excluding carboxylic acids is 2. The van der Waals surface area contributed by atoms with E-state index in [0.717, 1.165) is 48.2 Å². The molecule has 0 aliphatic carbocycles. The van der Waals surface area contributed by atoms with Gasteiger partial charge in [0, 0.05) is 74.2 Å². The molecule has 8 nitrogen and oxygen atoms in total. The van der Waals surface area contributed by atoms with Gasteiger partial charge in [0.05, 0.1) is 0 Å². The van der Waals surface area contributed by atoms with Crippen LogP contribution in [-0.2, 0) is 17.6 Å². The highest BCUT2D eigenvalue weighted by molar-refractivity contribution is 6.00. The fraction of sp³-hybridized carbons (Fsp3) is 0.353. The number of aromatic nitrogens is 1. The second-order valence-electron chi connectivity index (χ2n) is 11.8. The fourth-order valence-electron chi connectivity index (χ4n) is 6.48. The Labute approximate surface area is 247 Å². The van der Waals surface area contributed by atoms with Crippen LogP contribution in [0.4, 0.5) is 16.2 Å². The normalized spacial score (nSPS) is 17.8. The first-order chi connectivity index (χ1) is 20.5. The van der Waals surface area contributed by atoms with Crippen LogP contribution in [0.5, 0.6) is 0 Å². The number of anilines is 2. The summed E-state index contributed by atoms with van der Waals surface area (Å²) in [5, 5.41) is 4.26. The number of benzene rings is 3. The summed E-state index contributed by atoms with van der Waals surface area (Å²) >= 11 is 0. The van der Waals surface area contributed by atoms with Crippen molar-refractivity contribution < 1.29 is 9.59 Å². The summed E-state index contributed by atoms with van der Waals surface area (Å²) in [6.07, 6.45) is 3.31. The number of hydrogen-bond donors (Lipinski definition) is 2. The fourth-order valence-corrected chi connectivity index (χ4v) is 6.48. The number of H-pyrrole nitrogens is 1. The highest BCUT2D eigenvalue weighted by atomic mass is 16.2. The number of carbonyl (C=O) groups is 2. The Bertz CT molecular complexity index is 1530. The lowest BCUT2D eigenvalue weighted by Gasteiger charge is -2.39. The van der Waals surface area contributed by atoms with Gasteiger partial charge < -0.3 is 29.9 Å². The number of rotatable bonds is 7. The van der Waals surface area contributed by atoms with Crippen LogP contribution >= 0.6 is 0 Å². The zero-order chi connectivity index (χ0) is 29.1. The third-order valence-electron chi connectivity index (χ3n) is 8.50. The van der Waals surface area contributed by atoms with Gasteiger partial charge in [-0.25, -0.2) is 4.79 Å². The second-order valence-corrected chi connectivity index (χ2v) is 11.8. The molecule has 3 heterocycles. The maximum atomic E-state index is 14.5. The molecule has 218 valence electrons. The van der Waals surface area contributed by atoms with Crippen molar-refractivity contribution in [2.75, 3.05) is 63.2 Å². The van der Waals surface area contributed by atoms with Crippen LogP contribution in [0.25, 0.3) is 10.9 Å². The third-order valence-corrected chi connectivity index (χ3v) is 8.50. The number of fused-ring (bicyclic) bond motifs is 2. The van der Waals surface area contributed by atoms with Crippen LogP contribution in [0, 0.1) is 5.92 Å². The van der Waals surface area contributed by atoms with E-state index >= 15 is 0 Å². The topological polar surface area (TPSA) is 74.9 Å². The molecule has 6 rings (SSSR count). The Balaban J connectivity index is 1.24. The molecule has 0 bridgehead atoms. The molecule has 2 aliphatic rings. The quantitative estimate of drug-likeness (QED) is 0.350. The third kappa shape index (κ3) is 5.99. The van der Waals surface area contributed by atoms with Gasteiger partial charge in [-0.1, -0.05) is 54.6 Å². The largest absolute Gasteiger partial charge is 0.368 e. The van der Waals surface area contributed by atoms with Gasteiger partial charge in [-0.2, -0.15) is 0 Å². The molecule has 2 N–H and O–H groups in total. The maximum Gasteiger partial charge on any atom is 0.318 e. The van der Waals surface area contributed by atoms with Crippen LogP contribution in [0.3, 0.4) is 0 Å². The smallest absolute Gasteiger partial charge is 0.318 e. The zero-order valence-electron chi connectivity index (χ0n) is 24.5. The molecule has 2 atom stereocenters. The molecule has 1 fully saturated rings. The van der Waals surface area contributed by atoms with Gasteiger partial charge in [-0.15, -0.1) is 0 Å². The summed E-state index contributed by atoms with van der Waals surface area (Å²) < 4.78 is 0. The number of urea groups is 1. The number of nitrogens with zero attached hydrogens (tertiary/aromatic N) is 4. The summed E-state index contributed by atoms with van der Waals surface area (Å²) in [6, 6.07) is 25.7. The van der Waals surface area contributed by atoms with E-state index in [1.54, 1.807) is 0 Å². The summed E-state index contributed by atoms with van der Waals surface area (Å²) in [4.78, 5) is 39.7. The molecule has 4 aromatic rings. The zero-order valence-corrected chi connectivity index (χ0v) is 24.5. The molecule has 0 radical (unpaired) electrons. The molecule has 8 heteroatoms. The lowest BCUT2D eigenvalue weighted by molar-refractivity contribution is -0.120. The number of nitrogens with one attached hydrogen (secondary N) is 2. The summed E-state index contributed by atoms with van der Waals surface area (Å²) in [5.41, 5.74) is 5.34. The van der Waals surface area contributed by atoms with Crippen LogP contribution in [-0.4, -0.2) is 86.1 Å². The Morgan fingerprint density at radius 2 is 1.64 bits per heavy atom. The van der Waals surface area contributed by atoms with E-state index in [0.29, 0.717) is 32.0 Å². The van der Waals surface area contributed by atoms with Gasteiger partial charge in [-0.05, 0) is 61.8 Å². The number of aromatic amines is 1. The molecule has 3 amide bonds. The maximum absolute atomic E-state index is 14.5. The Morgan fingerprint density at radius 3 is 2.43 bits per heavy atom. The van der Waals surface area contributed by atoms with Gasteiger partial charge in [0.2, 0.25) is 5.91 Å². The van der Waals surface area contributed by atoms with Crippen LogP contribution in [0.15, 0.2) is 85.1 Å². The molecule has 1 aromatic heterocycles. The van der Waals surface area contributed by atoms with Crippen LogP contribution in [0.2, 0.25) is 0 Å². The lowest BCUT2D eigenvalue weighted by atomic mass is 9.91. The monoisotopic (exact) mass is 564 g/mol. The summed E-state index contributed by atoms with van der Waals surface area (Å²) in [5.74, 6) is 0.252. The summed E-state index contributed by atoms with van der Waals surface area (Å²) in [7, 11) is 4.15. The van der Waals surface area contributed by atoms with E-state index < -0.39 is 6.04 Å². The van der Waals surface area contributed by atoms with Crippen molar-refractivity contribution in [3.05, 3.63) is 96.2 Å². The molecule has 1 saturated heterocycles. The molecule has 3 aromatic carbocycles. The SMILES string of the molecule is CN(C)C[C@H]1Cc2ccccc2N(C(=O)C(Cc2c[nH]c3ccccc23)NC(=O)N2CCN(c3ccccc3)CC2)C1. The van der Waals surface area contributed by atoms with Crippen molar-refractivity contribution in [1.29, 1.82) is 0 Å². The van der Waals surface area contributed by atoms with E-state index in [1.165, 1.54) is 11.3 Å². The van der Waals surface area contributed by atoms with Crippen molar-refractivity contribution in [3.63, 3.8) is 0 Å². The average molecular weight is 565 g/mol. The van der Waals surface area contributed by atoms with Crippen molar-refractivity contribution in [2.45, 2.75) is 18.9 Å². The average Bonchev–Trinajstić information content (AvgIpc) is 3.43. The van der Waals surface area contributed by atoms with E-state index in [9.17, 15) is 9.59 Å². The Morgan fingerprint density at radius 1 is 0.929 bits per heavy atom. The molecule has 1 unspecified atom stereocenters. The summed E-state index contributed by atoms with van der Waals surface area (Å²) in [6.45, 7) is 4.24. The highest BCUT2D eigenvalue weighted by Gasteiger charge is 2.35.